The standard InChI is InChI=1S/C9H14N4O4/c1-3-4-9(2,8(15)16)11-7(14)5-6(10)13-17-12-5/h3-4H2,1-2H3,(H2,10,13)(H,11,14)(H,15,16). The topological polar surface area (TPSA) is 131 Å². The zero-order chi connectivity index (χ0) is 13.1. The summed E-state index contributed by atoms with van der Waals surface area (Å²) in [7, 11) is 0. The maximum atomic E-state index is 11.7. The predicted molar refractivity (Wildman–Crippen MR) is 57.1 cm³/mol. The van der Waals surface area contributed by atoms with Crippen LogP contribution in [0, 0.1) is 0 Å². The summed E-state index contributed by atoms with van der Waals surface area (Å²) in [5.74, 6) is -2.02. The van der Waals surface area contributed by atoms with Crippen LogP contribution in [0.4, 0.5) is 5.82 Å². The first-order chi connectivity index (χ1) is 7.90. The van der Waals surface area contributed by atoms with Gasteiger partial charge >= 0.3 is 5.97 Å². The summed E-state index contributed by atoms with van der Waals surface area (Å²) in [6, 6.07) is 0. The Morgan fingerprint density at radius 1 is 1.53 bits per heavy atom. The smallest absolute Gasteiger partial charge is 0.329 e. The molecule has 1 amide bonds. The molecule has 4 N–H and O–H groups in total. The zero-order valence-corrected chi connectivity index (χ0v) is 9.56. The van der Waals surface area contributed by atoms with Crippen molar-refractivity contribution in [3.63, 3.8) is 0 Å². The second kappa shape index (κ2) is 4.81. The number of nitrogens with one attached hydrogen (secondary N) is 1. The number of carbonyl (C=O) groups excluding carboxylic acids is 1. The average Bonchev–Trinajstić information content (AvgIpc) is 2.64. The van der Waals surface area contributed by atoms with Crippen LogP contribution in [0.5, 0.6) is 0 Å². The molecule has 0 radical (unpaired) electrons. The van der Waals surface area contributed by atoms with E-state index in [1.165, 1.54) is 6.92 Å². The molecule has 0 aromatic carbocycles. The van der Waals surface area contributed by atoms with Crippen LogP contribution < -0.4 is 11.1 Å². The molecule has 1 aromatic rings. The monoisotopic (exact) mass is 242 g/mol. The average molecular weight is 242 g/mol. The molecule has 0 aliphatic carbocycles. The number of nitrogens with two attached hydrogens (primary N) is 1. The Balaban J connectivity index is 2.85. The highest BCUT2D eigenvalue weighted by atomic mass is 16.6. The number of carboxylic acid groups (broad SMARTS) is 1. The summed E-state index contributed by atoms with van der Waals surface area (Å²) in [5, 5.41) is 18.0. The van der Waals surface area contributed by atoms with E-state index in [0.717, 1.165) is 0 Å². The van der Waals surface area contributed by atoms with Crippen molar-refractivity contribution in [1.82, 2.24) is 15.6 Å². The SMILES string of the molecule is CCCC(C)(NC(=O)c1nonc1N)C(=O)O. The van der Waals surface area contributed by atoms with Gasteiger partial charge < -0.3 is 16.2 Å². The van der Waals surface area contributed by atoms with E-state index in [-0.39, 0.29) is 11.5 Å². The lowest BCUT2D eigenvalue weighted by atomic mass is 9.96. The third kappa shape index (κ3) is 2.71. The third-order valence-electron chi connectivity index (χ3n) is 2.34. The largest absolute Gasteiger partial charge is 0.480 e. The summed E-state index contributed by atoms with van der Waals surface area (Å²) >= 11 is 0. The molecular formula is C9H14N4O4. The Morgan fingerprint density at radius 2 is 2.18 bits per heavy atom. The van der Waals surface area contributed by atoms with Crippen LogP contribution in [0.2, 0.25) is 0 Å². The van der Waals surface area contributed by atoms with Crippen LogP contribution in [0.25, 0.3) is 0 Å². The molecule has 1 atom stereocenters. The van der Waals surface area contributed by atoms with Gasteiger partial charge in [0, 0.05) is 0 Å². The number of hydrogen-bond donors (Lipinski definition) is 3. The maximum Gasteiger partial charge on any atom is 0.329 e. The lowest BCUT2D eigenvalue weighted by molar-refractivity contribution is -0.144. The molecule has 0 aliphatic heterocycles. The highest BCUT2D eigenvalue weighted by Crippen LogP contribution is 2.14. The van der Waals surface area contributed by atoms with Gasteiger partial charge in [-0.25, -0.2) is 9.42 Å². The van der Waals surface area contributed by atoms with Crippen molar-refractivity contribution in [3.8, 4) is 0 Å². The highest BCUT2D eigenvalue weighted by molar-refractivity contribution is 5.99. The van der Waals surface area contributed by atoms with Gasteiger partial charge in [0.05, 0.1) is 0 Å². The fourth-order valence-electron chi connectivity index (χ4n) is 1.39. The predicted octanol–water partition coefficient (Wildman–Crippen LogP) is 0.0250. The van der Waals surface area contributed by atoms with E-state index in [0.29, 0.717) is 12.8 Å². The fourth-order valence-corrected chi connectivity index (χ4v) is 1.39. The van der Waals surface area contributed by atoms with E-state index in [2.05, 4.69) is 20.3 Å². The van der Waals surface area contributed by atoms with Gasteiger partial charge in [-0.1, -0.05) is 13.3 Å². The first kappa shape index (κ1) is 12.9. The van der Waals surface area contributed by atoms with Crippen LogP contribution in [0.1, 0.15) is 37.2 Å². The molecular weight excluding hydrogens is 228 g/mol. The fraction of sp³-hybridized carbons (Fsp3) is 0.556. The Bertz CT molecular complexity index is 430. The number of hydrogen-bond acceptors (Lipinski definition) is 6. The molecule has 0 spiro atoms. The van der Waals surface area contributed by atoms with Crippen LogP contribution >= 0.6 is 0 Å². The molecule has 1 aromatic heterocycles. The van der Waals surface area contributed by atoms with Crippen molar-refractivity contribution in [1.29, 1.82) is 0 Å². The number of nitrogen functional groups attached to an aromatic ring is 1. The highest BCUT2D eigenvalue weighted by Gasteiger charge is 2.35. The summed E-state index contributed by atoms with van der Waals surface area (Å²) in [4.78, 5) is 22.8. The van der Waals surface area contributed by atoms with Crippen molar-refractivity contribution < 1.29 is 19.3 Å². The van der Waals surface area contributed by atoms with Crippen molar-refractivity contribution in [2.24, 2.45) is 0 Å². The van der Waals surface area contributed by atoms with Gasteiger partial charge in [0.25, 0.3) is 5.91 Å². The van der Waals surface area contributed by atoms with Gasteiger partial charge in [-0.3, -0.25) is 4.79 Å². The lowest BCUT2D eigenvalue weighted by Crippen LogP contribution is -2.52. The molecule has 0 bridgehead atoms. The van der Waals surface area contributed by atoms with Gasteiger partial charge in [-0.2, -0.15) is 0 Å². The Labute approximate surface area is 97.1 Å². The van der Waals surface area contributed by atoms with Crippen molar-refractivity contribution >= 4 is 17.7 Å². The molecule has 0 aliphatic rings. The molecule has 1 rings (SSSR count). The van der Waals surface area contributed by atoms with Crippen LogP contribution in [0.3, 0.4) is 0 Å². The molecule has 0 saturated heterocycles. The van der Waals surface area contributed by atoms with E-state index < -0.39 is 17.4 Å². The maximum absolute atomic E-state index is 11.7. The zero-order valence-electron chi connectivity index (χ0n) is 9.56. The summed E-state index contributed by atoms with van der Waals surface area (Å²) in [6.07, 6.45) is 0.898. The molecule has 94 valence electrons. The van der Waals surface area contributed by atoms with Gasteiger partial charge in [0.15, 0.2) is 0 Å². The molecule has 0 fully saturated rings. The second-order valence-corrected chi connectivity index (χ2v) is 3.84. The van der Waals surface area contributed by atoms with Crippen molar-refractivity contribution in [2.45, 2.75) is 32.2 Å². The van der Waals surface area contributed by atoms with Crippen LogP contribution in [-0.2, 0) is 4.79 Å². The number of anilines is 1. The minimum atomic E-state index is -1.36. The molecule has 8 heteroatoms. The Hall–Kier alpha value is -2.12. The summed E-state index contributed by atoms with van der Waals surface area (Å²) < 4.78 is 4.27. The van der Waals surface area contributed by atoms with Gasteiger partial charge in [0.2, 0.25) is 11.5 Å². The Morgan fingerprint density at radius 3 is 2.59 bits per heavy atom. The van der Waals surface area contributed by atoms with Crippen LogP contribution in [-0.4, -0.2) is 32.8 Å². The number of carbonyl (C=O) groups is 2. The van der Waals surface area contributed by atoms with Crippen molar-refractivity contribution in [3.05, 3.63) is 5.69 Å². The first-order valence-electron chi connectivity index (χ1n) is 5.04. The van der Waals surface area contributed by atoms with Gasteiger partial charge in [-0.15, -0.1) is 0 Å². The van der Waals surface area contributed by atoms with E-state index in [1.54, 1.807) is 0 Å². The quantitative estimate of drug-likeness (QED) is 0.663. The molecule has 8 nitrogen and oxygen atoms in total. The van der Waals surface area contributed by atoms with Crippen LogP contribution in [0.15, 0.2) is 4.63 Å². The number of nitrogens with zero attached hydrogens (tertiary/aromatic N) is 2. The van der Waals surface area contributed by atoms with E-state index in [9.17, 15) is 9.59 Å². The van der Waals surface area contributed by atoms with Gasteiger partial charge in [-0.05, 0) is 23.7 Å². The normalized spacial score (nSPS) is 14.0. The third-order valence-corrected chi connectivity index (χ3v) is 2.34. The van der Waals surface area contributed by atoms with Gasteiger partial charge in [0.1, 0.15) is 5.54 Å². The number of rotatable bonds is 5. The molecule has 0 saturated carbocycles. The Kier molecular flexibility index (Phi) is 3.66. The number of amides is 1. The number of aliphatic carboxylic acids is 1. The van der Waals surface area contributed by atoms with E-state index in [1.807, 2.05) is 6.92 Å². The van der Waals surface area contributed by atoms with E-state index in [4.69, 9.17) is 10.8 Å². The molecule has 1 heterocycles. The minimum absolute atomic E-state index is 0.174. The first-order valence-corrected chi connectivity index (χ1v) is 5.04. The second-order valence-electron chi connectivity index (χ2n) is 3.84. The van der Waals surface area contributed by atoms with E-state index >= 15 is 0 Å². The molecule has 17 heavy (non-hydrogen) atoms. The number of carboxylic acids is 1. The summed E-state index contributed by atoms with van der Waals surface area (Å²) in [5.41, 5.74) is 3.76. The summed E-state index contributed by atoms with van der Waals surface area (Å²) in [6.45, 7) is 3.24. The molecule has 1 unspecified atom stereocenters. The lowest BCUT2D eigenvalue weighted by Gasteiger charge is -2.25. The number of aromatic nitrogens is 2. The minimum Gasteiger partial charge on any atom is -0.480 e. The van der Waals surface area contributed by atoms with Crippen molar-refractivity contribution in [2.75, 3.05) is 5.73 Å².